The van der Waals surface area contributed by atoms with Crippen molar-refractivity contribution >= 4 is 50.7 Å². The summed E-state index contributed by atoms with van der Waals surface area (Å²) >= 11 is 12.6. The summed E-state index contributed by atoms with van der Waals surface area (Å²) < 4.78 is 29.1. The Balaban J connectivity index is 1.69. The Hall–Kier alpha value is -3.07. The van der Waals surface area contributed by atoms with Crippen molar-refractivity contribution in [1.82, 2.24) is 10.2 Å². The van der Waals surface area contributed by atoms with Crippen LogP contribution in [0.2, 0.25) is 10.0 Å². The number of rotatable bonds is 12. The zero-order valence-corrected chi connectivity index (χ0v) is 27.0. The lowest BCUT2D eigenvalue weighted by atomic mass is 9.95. The normalized spacial score (nSPS) is 14.6. The molecule has 0 heterocycles. The SMILES string of the molecule is CCC(C(=O)NC1CCCCC1)N(CCc1ccccc1)C(=O)CN(c1cc(Cl)cc(Cl)c1)S(=O)(=O)c1ccc(C)cc1. The van der Waals surface area contributed by atoms with Gasteiger partial charge in [-0.05, 0) is 68.5 Å². The maximum atomic E-state index is 14.2. The van der Waals surface area contributed by atoms with Crippen LogP contribution < -0.4 is 9.62 Å². The van der Waals surface area contributed by atoms with E-state index in [0.717, 1.165) is 47.5 Å². The molecule has 1 unspecified atom stereocenters. The number of halogens is 2. The van der Waals surface area contributed by atoms with Gasteiger partial charge < -0.3 is 10.2 Å². The molecule has 0 saturated heterocycles. The van der Waals surface area contributed by atoms with Crippen LogP contribution in [-0.4, -0.2) is 50.3 Å². The second-order valence-corrected chi connectivity index (χ2v) is 13.8. The summed E-state index contributed by atoms with van der Waals surface area (Å²) in [5.74, 6) is -0.706. The molecule has 0 aliphatic heterocycles. The van der Waals surface area contributed by atoms with E-state index >= 15 is 0 Å². The fourth-order valence-corrected chi connectivity index (χ4v) is 7.40. The highest BCUT2D eigenvalue weighted by atomic mass is 35.5. The largest absolute Gasteiger partial charge is 0.352 e. The second-order valence-electron chi connectivity index (χ2n) is 11.0. The van der Waals surface area contributed by atoms with E-state index in [2.05, 4.69) is 5.32 Å². The van der Waals surface area contributed by atoms with Crippen LogP contribution in [0.5, 0.6) is 0 Å². The highest BCUT2D eigenvalue weighted by molar-refractivity contribution is 7.92. The first-order valence-corrected chi connectivity index (χ1v) is 17.0. The van der Waals surface area contributed by atoms with Crippen LogP contribution in [-0.2, 0) is 26.0 Å². The number of benzene rings is 3. The fourth-order valence-electron chi connectivity index (χ4n) is 5.49. The average molecular weight is 645 g/mol. The lowest BCUT2D eigenvalue weighted by Gasteiger charge is -2.34. The van der Waals surface area contributed by atoms with Gasteiger partial charge in [0.25, 0.3) is 10.0 Å². The van der Waals surface area contributed by atoms with Crippen molar-refractivity contribution in [2.45, 2.75) is 75.8 Å². The summed E-state index contributed by atoms with van der Waals surface area (Å²) in [7, 11) is -4.21. The number of nitrogens with zero attached hydrogens (tertiary/aromatic N) is 2. The third-order valence-electron chi connectivity index (χ3n) is 7.84. The Kier molecular flexibility index (Phi) is 11.5. The molecule has 2 amide bonds. The number of carbonyl (C=O) groups is 2. The van der Waals surface area contributed by atoms with E-state index in [-0.39, 0.29) is 39.1 Å². The van der Waals surface area contributed by atoms with E-state index in [1.165, 1.54) is 35.2 Å². The van der Waals surface area contributed by atoms with Crippen LogP contribution in [0.15, 0.2) is 77.7 Å². The minimum absolute atomic E-state index is 0.0277. The molecular weight excluding hydrogens is 605 g/mol. The van der Waals surface area contributed by atoms with Crippen molar-refractivity contribution in [3.05, 3.63) is 94.0 Å². The Labute approximate surface area is 265 Å². The topological polar surface area (TPSA) is 86.8 Å². The van der Waals surface area contributed by atoms with Crippen LogP contribution in [0.1, 0.15) is 56.6 Å². The van der Waals surface area contributed by atoms with E-state index in [1.807, 2.05) is 44.2 Å². The molecule has 1 atom stereocenters. The molecule has 0 aromatic heterocycles. The lowest BCUT2D eigenvalue weighted by molar-refractivity contribution is -0.140. The van der Waals surface area contributed by atoms with Gasteiger partial charge in [-0.3, -0.25) is 13.9 Å². The fraction of sp³-hybridized carbons (Fsp3) is 0.394. The van der Waals surface area contributed by atoms with Gasteiger partial charge in [-0.1, -0.05) is 97.4 Å². The molecule has 0 bridgehead atoms. The Morgan fingerprint density at radius 1 is 0.930 bits per heavy atom. The van der Waals surface area contributed by atoms with Crippen molar-refractivity contribution in [2.75, 3.05) is 17.4 Å². The van der Waals surface area contributed by atoms with E-state index in [4.69, 9.17) is 23.2 Å². The summed E-state index contributed by atoms with van der Waals surface area (Å²) in [6.07, 6.45) is 6.00. The van der Waals surface area contributed by atoms with E-state index in [9.17, 15) is 18.0 Å². The Morgan fingerprint density at radius 3 is 2.16 bits per heavy atom. The third-order valence-corrected chi connectivity index (χ3v) is 10.1. The van der Waals surface area contributed by atoms with E-state index < -0.39 is 28.5 Å². The second kappa shape index (κ2) is 15.1. The maximum absolute atomic E-state index is 14.2. The van der Waals surface area contributed by atoms with E-state index in [0.29, 0.717) is 12.8 Å². The zero-order valence-electron chi connectivity index (χ0n) is 24.6. The molecular formula is C33H39Cl2N3O4S. The summed E-state index contributed by atoms with van der Waals surface area (Å²) in [6, 6.07) is 19.9. The molecule has 4 rings (SSSR count). The number of anilines is 1. The molecule has 43 heavy (non-hydrogen) atoms. The van der Waals surface area contributed by atoms with Crippen molar-refractivity contribution in [2.24, 2.45) is 0 Å². The molecule has 1 aliphatic rings. The highest BCUT2D eigenvalue weighted by Crippen LogP contribution is 2.30. The summed E-state index contributed by atoms with van der Waals surface area (Å²) in [5, 5.41) is 3.63. The standard InChI is InChI=1S/C33H39Cl2N3O4S/c1-3-31(33(40)36-28-12-8-5-9-13-28)37(19-18-25-10-6-4-7-11-25)32(39)23-38(29-21-26(34)20-27(35)22-29)43(41,42)30-16-14-24(2)15-17-30/h4,6-7,10-11,14-17,20-22,28,31H,3,5,8-9,12-13,18-19,23H2,1-2H3,(H,36,40). The molecule has 1 N–H and O–H groups in total. The van der Waals surface area contributed by atoms with Gasteiger partial charge in [-0.25, -0.2) is 8.42 Å². The van der Waals surface area contributed by atoms with Crippen LogP contribution in [0.4, 0.5) is 5.69 Å². The lowest BCUT2D eigenvalue weighted by Crippen LogP contribution is -2.54. The minimum atomic E-state index is -4.21. The number of sulfonamides is 1. The van der Waals surface area contributed by atoms with Gasteiger partial charge in [0.1, 0.15) is 12.6 Å². The number of nitrogens with one attached hydrogen (secondary N) is 1. The molecule has 0 spiro atoms. The first-order valence-electron chi connectivity index (χ1n) is 14.8. The number of amides is 2. The van der Waals surface area contributed by atoms with Crippen molar-refractivity contribution in [1.29, 1.82) is 0 Å². The molecule has 230 valence electrons. The van der Waals surface area contributed by atoms with Crippen molar-refractivity contribution < 1.29 is 18.0 Å². The molecule has 7 nitrogen and oxygen atoms in total. The molecule has 1 saturated carbocycles. The number of carbonyl (C=O) groups excluding carboxylic acids is 2. The van der Waals surface area contributed by atoms with Crippen LogP contribution in [0.3, 0.4) is 0 Å². The number of hydrogen-bond acceptors (Lipinski definition) is 4. The van der Waals surface area contributed by atoms with Gasteiger partial charge in [0.15, 0.2) is 0 Å². The van der Waals surface area contributed by atoms with Crippen LogP contribution in [0, 0.1) is 6.92 Å². The average Bonchev–Trinajstić information content (AvgIpc) is 2.98. The van der Waals surface area contributed by atoms with Crippen molar-refractivity contribution in [3.8, 4) is 0 Å². The first-order chi connectivity index (χ1) is 20.6. The third kappa shape index (κ3) is 8.74. The predicted molar refractivity (Wildman–Crippen MR) is 173 cm³/mol. The van der Waals surface area contributed by atoms with E-state index in [1.54, 1.807) is 12.1 Å². The van der Waals surface area contributed by atoms with Gasteiger partial charge in [0, 0.05) is 22.6 Å². The van der Waals surface area contributed by atoms with Crippen LogP contribution in [0.25, 0.3) is 0 Å². The molecule has 0 radical (unpaired) electrons. The summed E-state index contributed by atoms with van der Waals surface area (Å²) in [6.45, 7) is 3.44. The number of hydrogen-bond donors (Lipinski definition) is 1. The predicted octanol–water partition coefficient (Wildman–Crippen LogP) is 6.80. The van der Waals surface area contributed by atoms with Gasteiger partial charge >= 0.3 is 0 Å². The maximum Gasteiger partial charge on any atom is 0.264 e. The quantitative estimate of drug-likeness (QED) is 0.235. The van der Waals surface area contributed by atoms with Gasteiger partial charge in [-0.15, -0.1) is 0 Å². The van der Waals surface area contributed by atoms with Crippen LogP contribution >= 0.6 is 23.2 Å². The van der Waals surface area contributed by atoms with Crippen molar-refractivity contribution in [3.63, 3.8) is 0 Å². The van der Waals surface area contributed by atoms with Gasteiger partial charge in [0.2, 0.25) is 11.8 Å². The van der Waals surface area contributed by atoms with Gasteiger partial charge in [0.05, 0.1) is 10.6 Å². The first kappa shape index (κ1) is 32.8. The molecule has 3 aromatic carbocycles. The minimum Gasteiger partial charge on any atom is -0.352 e. The summed E-state index contributed by atoms with van der Waals surface area (Å²) in [5.41, 5.74) is 2.07. The monoisotopic (exact) mass is 643 g/mol. The zero-order chi connectivity index (χ0) is 31.0. The highest BCUT2D eigenvalue weighted by Gasteiger charge is 2.34. The smallest absolute Gasteiger partial charge is 0.264 e. The Morgan fingerprint density at radius 2 is 1.56 bits per heavy atom. The molecule has 10 heteroatoms. The molecule has 1 fully saturated rings. The molecule has 1 aliphatic carbocycles. The van der Waals surface area contributed by atoms with Gasteiger partial charge in [-0.2, -0.15) is 0 Å². The summed E-state index contributed by atoms with van der Waals surface area (Å²) in [4.78, 5) is 29.4. The Bertz CT molecular complexity index is 1470. The number of aryl methyl sites for hydroxylation is 1. The molecule has 3 aromatic rings.